The molecule has 1 saturated carbocycles. The van der Waals surface area contributed by atoms with Gasteiger partial charge in [-0.3, -0.25) is 19.7 Å². The zero-order valence-electron chi connectivity index (χ0n) is 17.2. The monoisotopic (exact) mass is 482 g/mol. The van der Waals surface area contributed by atoms with E-state index in [-0.39, 0.29) is 24.7 Å². The number of urea groups is 1. The highest BCUT2D eigenvalue weighted by Crippen LogP contribution is 2.25. The van der Waals surface area contributed by atoms with Crippen molar-refractivity contribution in [2.24, 2.45) is 5.92 Å². The highest BCUT2D eigenvalue weighted by atomic mass is 79.9. The predicted octanol–water partition coefficient (Wildman–Crippen LogP) is 3.37. The molecule has 0 saturated heterocycles. The molecule has 1 fully saturated rings. The average Bonchev–Trinajstić information content (AvgIpc) is 2.72. The van der Waals surface area contributed by atoms with Crippen LogP contribution in [0, 0.1) is 5.92 Å². The average molecular weight is 483 g/mol. The lowest BCUT2D eigenvalue weighted by atomic mass is 9.86. The van der Waals surface area contributed by atoms with Crippen LogP contribution in [-0.2, 0) is 14.3 Å². The fraction of sp³-hybridized carbons (Fsp3) is 0.524. The van der Waals surface area contributed by atoms with Gasteiger partial charge >= 0.3 is 12.0 Å². The van der Waals surface area contributed by atoms with Crippen molar-refractivity contribution in [1.82, 2.24) is 10.6 Å². The maximum Gasteiger partial charge on any atom is 0.321 e. The molecule has 30 heavy (non-hydrogen) atoms. The Bertz CT molecular complexity index is 798. The third-order valence-electron chi connectivity index (χ3n) is 5.06. The highest BCUT2D eigenvalue weighted by molar-refractivity contribution is 9.10. The number of methoxy groups -OCH3 is 1. The number of carbonyl (C=O) groups excluding carboxylic acids is 4. The Morgan fingerprint density at radius 2 is 1.87 bits per heavy atom. The molecule has 8 nitrogen and oxygen atoms in total. The summed E-state index contributed by atoms with van der Waals surface area (Å²) in [4.78, 5) is 47.9. The van der Waals surface area contributed by atoms with Gasteiger partial charge in [0.2, 0.25) is 0 Å². The van der Waals surface area contributed by atoms with E-state index < -0.39 is 24.5 Å². The Morgan fingerprint density at radius 3 is 2.57 bits per heavy atom. The molecule has 1 aromatic carbocycles. The van der Waals surface area contributed by atoms with E-state index >= 15 is 0 Å². The van der Waals surface area contributed by atoms with Crippen LogP contribution in [0.4, 0.5) is 4.79 Å². The Kier molecular flexibility index (Phi) is 9.29. The van der Waals surface area contributed by atoms with Crippen LogP contribution in [0.5, 0.6) is 5.75 Å². The summed E-state index contributed by atoms with van der Waals surface area (Å²) in [5.74, 6) is -0.929. The Balaban J connectivity index is 1.71. The van der Waals surface area contributed by atoms with Crippen molar-refractivity contribution in [3.8, 4) is 5.75 Å². The number of hydrogen-bond donors (Lipinski definition) is 2. The van der Waals surface area contributed by atoms with Gasteiger partial charge in [0, 0.05) is 16.9 Å². The van der Waals surface area contributed by atoms with Crippen LogP contribution in [-0.4, -0.2) is 43.4 Å². The van der Waals surface area contributed by atoms with Gasteiger partial charge in [0.05, 0.1) is 19.1 Å². The van der Waals surface area contributed by atoms with Crippen LogP contribution in [0.15, 0.2) is 22.7 Å². The number of esters is 1. The van der Waals surface area contributed by atoms with Gasteiger partial charge in [0.15, 0.2) is 12.4 Å². The zero-order chi connectivity index (χ0) is 22.1. The molecule has 0 aliphatic heterocycles. The Morgan fingerprint density at radius 1 is 1.13 bits per heavy atom. The third kappa shape index (κ3) is 7.44. The molecule has 2 rings (SSSR count). The van der Waals surface area contributed by atoms with Crippen molar-refractivity contribution in [1.29, 1.82) is 0 Å². The van der Waals surface area contributed by atoms with Gasteiger partial charge in [0.25, 0.3) is 5.91 Å². The summed E-state index contributed by atoms with van der Waals surface area (Å²) >= 11 is 3.29. The fourth-order valence-corrected chi connectivity index (χ4v) is 3.73. The lowest BCUT2D eigenvalue weighted by molar-refractivity contribution is -0.148. The number of amides is 3. The molecule has 3 amide bonds. The minimum Gasteiger partial charge on any atom is -0.496 e. The molecule has 0 radical (unpaired) electrons. The van der Waals surface area contributed by atoms with Crippen molar-refractivity contribution < 1.29 is 28.7 Å². The normalized spacial score (nSPS) is 18.2. The number of hydrogen-bond acceptors (Lipinski definition) is 6. The standard InChI is InChI=1S/C21H27BrN2O6/c1-13-5-3-4-6-16(13)23-21(28)24-19(26)12-30-20(27)10-8-17(25)15-11-14(22)7-9-18(15)29-2/h7,9,11,13,16H,3-6,8,10,12H2,1-2H3,(H2,23,24,26,28). The van der Waals surface area contributed by atoms with E-state index in [1.54, 1.807) is 18.2 Å². The first-order valence-electron chi connectivity index (χ1n) is 9.93. The summed E-state index contributed by atoms with van der Waals surface area (Å²) in [5.41, 5.74) is 0.353. The lowest BCUT2D eigenvalue weighted by Gasteiger charge is -2.29. The van der Waals surface area contributed by atoms with Crippen LogP contribution < -0.4 is 15.4 Å². The van der Waals surface area contributed by atoms with Crippen molar-refractivity contribution >= 4 is 39.6 Å². The molecule has 0 heterocycles. The summed E-state index contributed by atoms with van der Waals surface area (Å²) < 4.78 is 10.7. The first kappa shape index (κ1) is 23.9. The number of ketones is 1. The largest absolute Gasteiger partial charge is 0.496 e. The molecule has 0 bridgehead atoms. The highest BCUT2D eigenvalue weighted by Gasteiger charge is 2.23. The summed E-state index contributed by atoms with van der Waals surface area (Å²) in [6.07, 6.45) is 3.84. The Labute approximate surface area is 184 Å². The molecule has 1 aliphatic carbocycles. The SMILES string of the molecule is COc1ccc(Br)cc1C(=O)CCC(=O)OCC(=O)NC(=O)NC1CCCCC1C. The van der Waals surface area contributed by atoms with E-state index in [0.717, 1.165) is 25.7 Å². The molecular formula is C21H27BrN2O6. The summed E-state index contributed by atoms with van der Waals surface area (Å²) in [6.45, 7) is 1.49. The summed E-state index contributed by atoms with van der Waals surface area (Å²) in [5, 5.41) is 4.95. The molecular weight excluding hydrogens is 456 g/mol. The van der Waals surface area contributed by atoms with Crippen LogP contribution in [0.2, 0.25) is 0 Å². The van der Waals surface area contributed by atoms with Gasteiger partial charge < -0.3 is 14.8 Å². The molecule has 2 unspecified atom stereocenters. The molecule has 2 atom stereocenters. The van der Waals surface area contributed by atoms with Gasteiger partial charge in [-0.05, 0) is 37.0 Å². The van der Waals surface area contributed by atoms with E-state index in [2.05, 4.69) is 33.5 Å². The number of nitrogens with one attached hydrogen (secondary N) is 2. The van der Waals surface area contributed by atoms with E-state index in [1.165, 1.54) is 7.11 Å². The van der Waals surface area contributed by atoms with E-state index in [9.17, 15) is 19.2 Å². The molecule has 1 aliphatic rings. The molecule has 1 aromatic rings. The topological polar surface area (TPSA) is 111 Å². The fourth-order valence-electron chi connectivity index (χ4n) is 3.36. The predicted molar refractivity (Wildman–Crippen MR) is 113 cm³/mol. The molecule has 0 aromatic heterocycles. The minimum absolute atomic E-state index is 0.0372. The number of benzene rings is 1. The zero-order valence-corrected chi connectivity index (χ0v) is 18.7. The maximum atomic E-state index is 12.3. The number of Topliss-reactive ketones (excluding diaryl/α,β-unsaturated/α-hetero) is 1. The smallest absolute Gasteiger partial charge is 0.321 e. The Hall–Kier alpha value is -2.42. The molecule has 164 valence electrons. The lowest BCUT2D eigenvalue weighted by Crippen LogP contribution is -2.48. The third-order valence-corrected chi connectivity index (χ3v) is 5.56. The quantitative estimate of drug-likeness (QED) is 0.434. The van der Waals surface area contributed by atoms with E-state index in [4.69, 9.17) is 9.47 Å². The van der Waals surface area contributed by atoms with Crippen molar-refractivity contribution in [2.75, 3.05) is 13.7 Å². The van der Waals surface area contributed by atoms with Gasteiger partial charge in [0.1, 0.15) is 5.75 Å². The van der Waals surface area contributed by atoms with E-state index in [0.29, 0.717) is 21.7 Å². The van der Waals surface area contributed by atoms with Crippen LogP contribution in [0.3, 0.4) is 0 Å². The number of ether oxygens (including phenoxy) is 2. The number of imide groups is 1. The van der Waals surface area contributed by atoms with Crippen molar-refractivity contribution in [3.05, 3.63) is 28.2 Å². The van der Waals surface area contributed by atoms with E-state index in [1.807, 2.05) is 0 Å². The summed E-state index contributed by atoms with van der Waals surface area (Å²) in [7, 11) is 1.46. The minimum atomic E-state index is -0.718. The molecule has 2 N–H and O–H groups in total. The molecule has 0 spiro atoms. The second-order valence-corrected chi connectivity index (χ2v) is 8.23. The second-order valence-electron chi connectivity index (χ2n) is 7.32. The van der Waals surface area contributed by atoms with Crippen molar-refractivity contribution in [3.63, 3.8) is 0 Å². The van der Waals surface area contributed by atoms with Crippen LogP contribution >= 0.6 is 15.9 Å². The summed E-state index contributed by atoms with van der Waals surface area (Å²) in [6, 6.07) is 4.46. The van der Waals surface area contributed by atoms with Gasteiger partial charge in [-0.25, -0.2) is 4.79 Å². The first-order valence-corrected chi connectivity index (χ1v) is 10.7. The second kappa shape index (κ2) is 11.7. The van der Waals surface area contributed by atoms with Crippen molar-refractivity contribution in [2.45, 2.75) is 51.5 Å². The van der Waals surface area contributed by atoms with Gasteiger partial charge in [-0.2, -0.15) is 0 Å². The van der Waals surface area contributed by atoms with Gasteiger partial charge in [-0.1, -0.05) is 35.7 Å². The maximum absolute atomic E-state index is 12.3. The van der Waals surface area contributed by atoms with Gasteiger partial charge in [-0.15, -0.1) is 0 Å². The molecule has 9 heteroatoms. The number of carbonyl (C=O) groups is 4. The number of rotatable bonds is 8. The van der Waals surface area contributed by atoms with Crippen LogP contribution in [0.1, 0.15) is 55.8 Å². The van der Waals surface area contributed by atoms with Crippen LogP contribution in [0.25, 0.3) is 0 Å². The first-order chi connectivity index (χ1) is 14.3. The number of halogens is 1.